The van der Waals surface area contributed by atoms with Gasteiger partial charge in [0.1, 0.15) is 5.82 Å². The number of rotatable bonds is 7. The van der Waals surface area contributed by atoms with E-state index in [9.17, 15) is 9.59 Å². The Labute approximate surface area is 228 Å². The quantitative estimate of drug-likeness (QED) is 0.232. The summed E-state index contributed by atoms with van der Waals surface area (Å²) in [6, 6.07) is 7.07. The number of fused-ring (bicyclic) bond motifs is 1. The molecule has 0 fully saturated rings. The summed E-state index contributed by atoms with van der Waals surface area (Å²) in [5.74, 6) is 0.724. The Morgan fingerprint density at radius 2 is 1.89 bits per heavy atom. The highest BCUT2D eigenvalue weighted by atomic mass is 79.9. The molecule has 0 aliphatic rings. The Hall–Kier alpha value is -2.24. The fourth-order valence-electron chi connectivity index (χ4n) is 3.18. The van der Waals surface area contributed by atoms with E-state index in [1.165, 1.54) is 18.0 Å². The van der Waals surface area contributed by atoms with E-state index in [2.05, 4.69) is 52.9 Å². The third kappa shape index (κ3) is 6.13. The van der Waals surface area contributed by atoms with Crippen LogP contribution in [0.3, 0.4) is 0 Å². The van der Waals surface area contributed by atoms with Gasteiger partial charge in [0.25, 0.3) is 5.56 Å². The Morgan fingerprint density at radius 1 is 1.17 bits per heavy atom. The van der Waals surface area contributed by atoms with Crippen molar-refractivity contribution in [3.63, 3.8) is 0 Å². The average Bonchev–Trinajstić information content (AvgIpc) is 2.79. The fraction of sp³-hybridized carbons (Fsp3) is 0.333. The molecule has 0 spiro atoms. The van der Waals surface area contributed by atoms with Crippen molar-refractivity contribution in [3.8, 4) is 11.5 Å². The summed E-state index contributed by atoms with van der Waals surface area (Å²) < 4.78 is 19.2. The second kappa shape index (κ2) is 11.2. The number of ether oxygens (including phenoxy) is 3. The van der Waals surface area contributed by atoms with E-state index in [0.29, 0.717) is 42.7 Å². The predicted octanol–water partition coefficient (Wildman–Crippen LogP) is 5.81. The molecule has 0 bridgehead atoms. The van der Waals surface area contributed by atoms with Gasteiger partial charge in [-0.15, -0.1) is 0 Å². The van der Waals surface area contributed by atoms with E-state index in [4.69, 9.17) is 19.2 Å². The molecule has 0 amide bonds. The van der Waals surface area contributed by atoms with Crippen molar-refractivity contribution < 1.29 is 19.0 Å². The second-order valence-corrected chi connectivity index (χ2v) is 10.9. The molecule has 0 N–H and O–H groups in total. The summed E-state index contributed by atoms with van der Waals surface area (Å²) in [6.07, 6.45) is 1.54. The van der Waals surface area contributed by atoms with Crippen LogP contribution in [0.15, 0.2) is 47.6 Å². The number of carbonyl (C=O) groups excluding carboxylic acids is 1. The van der Waals surface area contributed by atoms with E-state index >= 15 is 0 Å². The number of esters is 1. The van der Waals surface area contributed by atoms with Crippen molar-refractivity contribution >= 4 is 70.9 Å². The van der Waals surface area contributed by atoms with Crippen molar-refractivity contribution in [2.75, 3.05) is 20.3 Å². The van der Waals surface area contributed by atoms with E-state index in [-0.39, 0.29) is 18.8 Å². The Morgan fingerprint density at radius 3 is 2.51 bits per heavy atom. The Kier molecular flexibility index (Phi) is 8.76. The molecule has 1 aromatic heterocycles. The van der Waals surface area contributed by atoms with Crippen molar-refractivity contribution in [1.29, 1.82) is 0 Å². The first-order valence-electron chi connectivity index (χ1n) is 10.6. The lowest BCUT2D eigenvalue weighted by Crippen LogP contribution is -2.29. The molecule has 0 saturated heterocycles. The molecule has 0 aliphatic heterocycles. The van der Waals surface area contributed by atoms with Crippen LogP contribution in [-0.4, -0.2) is 42.2 Å². The molecule has 186 valence electrons. The second-order valence-electron chi connectivity index (χ2n) is 8.43. The highest BCUT2D eigenvalue weighted by Crippen LogP contribution is 2.42. The van der Waals surface area contributed by atoms with E-state index in [1.54, 1.807) is 25.1 Å². The van der Waals surface area contributed by atoms with E-state index in [0.717, 1.165) is 4.47 Å². The zero-order valence-electron chi connectivity index (χ0n) is 19.8. The summed E-state index contributed by atoms with van der Waals surface area (Å²) in [7, 11) is 1.49. The minimum atomic E-state index is -0.493. The molecular formula is C24H24Br3N3O5. The first kappa shape index (κ1) is 27.3. The summed E-state index contributed by atoms with van der Waals surface area (Å²) in [4.78, 5) is 29.8. The number of nitrogens with zero attached hydrogens (tertiary/aromatic N) is 3. The van der Waals surface area contributed by atoms with Crippen molar-refractivity contribution in [2.24, 2.45) is 5.10 Å². The Bertz CT molecular complexity index is 1360. The first-order chi connectivity index (χ1) is 16.5. The van der Waals surface area contributed by atoms with Gasteiger partial charge in [0, 0.05) is 19.9 Å². The maximum absolute atomic E-state index is 13.4. The predicted molar refractivity (Wildman–Crippen MR) is 146 cm³/mol. The number of hydrogen-bond acceptors (Lipinski definition) is 7. The minimum Gasteiger partial charge on any atom is -0.493 e. The molecule has 11 heteroatoms. The number of carbonyl (C=O) groups is 1. The maximum Gasteiger partial charge on any atom is 0.344 e. The van der Waals surface area contributed by atoms with Crippen molar-refractivity contribution in [3.05, 3.63) is 59.4 Å². The van der Waals surface area contributed by atoms with Crippen LogP contribution >= 0.6 is 47.8 Å². The van der Waals surface area contributed by atoms with Crippen LogP contribution in [0.5, 0.6) is 11.5 Å². The number of aromatic nitrogens is 2. The van der Waals surface area contributed by atoms with Gasteiger partial charge in [0.05, 0.1) is 35.3 Å². The van der Waals surface area contributed by atoms with Crippen LogP contribution in [0.2, 0.25) is 0 Å². The van der Waals surface area contributed by atoms with Gasteiger partial charge in [0.15, 0.2) is 18.1 Å². The summed E-state index contributed by atoms with van der Waals surface area (Å²) in [5.41, 5.74) is 0.480. The largest absolute Gasteiger partial charge is 0.493 e. The smallest absolute Gasteiger partial charge is 0.344 e. The topological polar surface area (TPSA) is 92.0 Å². The zero-order chi connectivity index (χ0) is 25.9. The lowest BCUT2D eigenvalue weighted by atomic mass is 9.95. The molecule has 1 heterocycles. The SMILES string of the molecule is CCOC(=O)COc1c(OC)cc(C=Nn2c(C(C)(C)C)nc3ccc(Br)cc3c2=O)c(Br)c1Br. The highest BCUT2D eigenvalue weighted by molar-refractivity contribution is 9.13. The molecule has 0 atom stereocenters. The molecule has 3 aromatic rings. The first-order valence-corrected chi connectivity index (χ1v) is 13.0. The van der Waals surface area contributed by atoms with Crippen LogP contribution < -0.4 is 15.0 Å². The van der Waals surface area contributed by atoms with Crippen LogP contribution in [0.1, 0.15) is 39.1 Å². The van der Waals surface area contributed by atoms with Crippen LogP contribution in [-0.2, 0) is 14.9 Å². The van der Waals surface area contributed by atoms with Gasteiger partial charge in [-0.2, -0.15) is 9.78 Å². The molecule has 8 nitrogen and oxygen atoms in total. The molecule has 35 heavy (non-hydrogen) atoms. The molecule has 0 saturated carbocycles. The van der Waals surface area contributed by atoms with Crippen LogP contribution in [0, 0.1) is 0 Å². The number of halogens is 3. The highest BCUT2D eigenvalue weighted by Gasteiger charge is 2.23. The lowest BCUT2D eigenvalue weighted by Gasteiger charge is -2.21. The van der Waals surface area contributed by atoms with Gasteiger partial charge in [-0.25, -0.2) is 9.78 Å². The van der Waals surface area contributed by atoms with Crippen molar-refractivity contribution in [1.82, 2.24) is 9.66 Å². The molecule has 2 aromatic carbocycles. The number of hydrogen-bond donors (Lipinski definition) is 0. The van der Waals surface area contributed by atoms with Gasteiger partial charge >= 0.3 is 5.97 Å². The van der Waals surface area contributed by atoms with Gasteiger partial charge in [0.2, 0.25) is 0 Å². The minimum absolute atomic E-state index is 0.260. The normalized spacial score (nSPS) is 11.8. The molecule has 0 unspecified atom stereocenters. The van der Waals surface area contributed by atoms with Gasteiger partial charge in [-0.3, -0.25) is 4.79 Å². The monoisotopic (exact) mass is 671 g/mol. The van der Waals surface area contributed by atoms with E-state index < -0.39 is 11.4 Å². The summed E-state index contributed by atoms with van der Waals surface area (Å²) in [5, 5.41) is 4.96. The number of benzene rings is 2. The van der Waals surface area contributed by atoms with Gasteiger partial charge in [-0.05, 0) is 63.0 Å². The molecule has 0 radical (unpaired) electrons. The van der Waals surface area contributed by atoms with Crippen LogP contribution in [0.4, 0.5) is 0 Å². The molecular weight excluding hydrogens is 650 g/mol. The third-order valence-electron chi connectivity index (χ3n) is 4.81. The summed E-state index contributed by atoms with van der Waals surface area (Å²) >= 11 is 10.4. The fourth-order valence-corrected chi connectivity index (χ4v) is 4.48. The van der Waals surface area contributed by atoms with Gasteiger partial charge < -0.3 is 14.2 Å². The van der Waals surface area contributed by atoms with Crippen LogP contribution in [0.25, 0.3) is 10.9 Å². The molecule has 0 aliphatic carbocycles. The van der Waals surface area contributed by atoms with E-state index in [1.807, 2.05) is 26.8 Å². The number of methoxy groups -OCH3 is 1. The van der Waals surface area contributed by atoms with Crippen molar-refractivity contribution in [2.45, 2.75) is 33.1 Å². The van der Waals surface area contributed by atoms with Gasteiger partial charge in [-0.1, -0.05) is 36.7 Å². The summed E-state index contributed by atoms with van der Waals surface area (Å²) in [6.45, 7) is 7.62. The molecule has 3 rings (SSSR count). The third-order valence-corrected chi connectivity index (χ3v) is 7.44. The zero-order valence-corrected chi connectivity index (χ0v) is 24.6. The standard InChI is InChI=1S/C24H24Br3N3O5/c1-6-34-18(31)12-35-21-17(33-5)9-13(19(26)20(21)27)11-28-30-22(32)15-10-14(25)7-8-16(15)29-23(30)24(2,3)4/h7-11H,6,12H2,1-5H3. The lowest BCUT2D eigenvalue weighted by molar-refractivity contribution is -0.145. The maximum atomic E-state index is 13.4. The Balaban J connectivity index is 2.10. The average molecular weight is 674 g/mol.